The average Bonchev–Trinajstić information content (AvgIpc) is 2.24. The molecule has 0 saturated heterocycles. The Morgan fingerprint density at radius 3 is 2.56 bits per heavy atom. The van der Waals surface area contributed by atoms with Crippen LogP contribution in [0.15, 0.2) is 10.1 Å². The van der Waals surface area contributed by atoms with Crippen LogP contribution in [0.25, 0.3) is 0 Å². The zero-order chi connectivity index (χ0) is 12.0. The van der Waals surface area contributed by atoms with E-state index in [0.717, 1.165) is 17.5 Å². The van der Waals surface area contributed by atoms with Crippen LogP contribution in [0.2, 0.25) is 0 Å². The minimum atomic E-state index is 0.597. The normalized spacial score (nSPS) is 15.8. The second-order valence-corrected chi connectivity index (χ2v) is 5.43. The molecule has 5 heteroatoms. The number of hydrogen-bond acceptors (Lipinski definition) is 5. The van der Waals surface area contributed by atoms with Crippen molar-refractivity contribution in [2.24, 2.45) is 10.1 Å². The predicted octanol–water partition coefficient (Wildman–Crippen LogP) is 1.78. The zero-order valence-corrected chi connectivity index (χ0v) is 11.4. The maximum Gasteiger partial charge on any atom is 0.177 e. The van der Waals surface area contributed by atoms with Gasteiger partial charge in [-0.05, 0) is 27.7 Å². The number of aliphatic imine (C=N–C) groups is 1. The lowest BCUT2D eigenvalue weighted by Gasteiger charge is -2.30. The summed E-state index contributed by atoms with van der Waals surface area (Å²) in [6.07, 6.45) is 1.78. The van der Waals surface area contributed by atoms with Crippen molar-refractivity contribution in [3.63, 3.8) is 0 Å². The standard InChI is InChI=1S/C11H22N4S/c1-9(2)15(10(3)4)7-8-16-11-12-5-6-13-14-11/h6,9-10H,5,7-8H2,1-4H3,(H,12,14). The van der Waals surface area contributed by atoms with E-state index in [9.17, 15) is 0 Å². The molecule has 0 amide bonds. The number of nitrogens with zero attached hydrogens (tertiary/aromatic N) is 3. The molecule has 0 aromatic heterocycles. The van der Waals surface area contributed by atoms with E-state index < -0.39 is 0 Å². The molecule has 1 N–H and O–H groups in total. The van der Waals surface area contributed by atoms with E-state index in [0.29, 0.717) is 18.6 Å². The van der Waals surface area contributed by atoms with Crippen LogP contribution in [0.3, 0.4) is 0 Å². The molecule has 0 unspecified atom stereocenters. The molecule has 1 aliphatic rings. The summed E-state index contributed by atoms with van der Waals surface area (Å²) < 4.78 is 0. The quantitative estimate of drug-likeness (QED) is 0.799. The van der Waals surface area contributed by atoms with E-state index >= 15 is 0 Å². The van der Waals surface area contributed by atoms with Crippen LogP contribution in [-0.4, -0.2) is 47.2 Å². The number of rotatable bonds is 5. The SMILES string of the molecule is CC(C)N(CCSC1=NCC=NN1)C(C)C. The molecule has 0 aromatic carbocycles. The van der Waals surface area contributed by atoms with Crippen molar-refractivity contribution >= 4 is 23.1 Å². The third-order valence-corrected chi connectivity index (χ3v) is 3.36. The molecule has 92 valence electrons. The summed E-state index contributed by atoms with van der Waals surface area (Å²) in [5.74, 6) is 1.05. The molecule has 1 aliphatic heterocycles. The van der Waals surface area contributed by atoms with Crippen molar-refractivity contribution in [2.45, 2.75) is 39.8 Å². The fourth-order valence-electron chi connectivity index (χ4n) is 1.74. The van der Waals surface area contributed by atoms with Gasteiger partial charge in [0.25, 0.3) is 0 Å². The second-order valence-electron chi connectivity index (χ2n) is 4.34. The monoisotopic (exact) mass is 242 g/mol. The van der Waals surface area contributed by atoms with Gasteiger partial charge in [-0.25, -0.2) is 0 Å². The average molecular weight is 242 g/mol. The molecule has 0 spiro atoms. The zero-order valence-electron chi connectivity index (χ0n) is 10.6. The van der Waals surface area contributed by atoms with E-state index in [4.69, 9.17) is 0 Å². The molecule has 1 heterocycles. The summed E-state index contributed by atoms with van der Waals surface area (Å²) in [7, 11) is 0. The van der Waals surface area contributed by atoms with Crippen molar-refractivity contribution < 1.29 is 0 Å². The topological polar surface area (TPSA) is 40.0 Å². The Balaban J connectivity index is 2.25. The van der Waals surface area contributed by atoms with E-state index in [2.05, 4.69) is 48.1 Å². The van der Waals surface area contributed by atoms with Gasteiger partial charge in [-0.1, -0.05) is 11.8 Å². The second kappa shape index (κ2) is 6.91. The molecule has 0 radical (unpaired) electrons. The molecular weight excluding hydrogens is 220 g/mol. The highest BCUT2D eigenvalue weighted by Crippen LogP contribution is 2.09. The highest BCUT2D eigenvalue weighted by Gasteiger charge is 2.13. The lowest BCUT2D eigenvalue weighted by atomic mass is 10.2. The molecule has 16 heavy (non-hydrogen) atoms. The van der Waals surface area contributed by atoms with Gasteiger partial charge >= 0.3 is 0 Å². The van der Waals surface area contributed by atoms with Crippen LogP contribution >= 0.6 is 11.8 Å². The highest BCUT2D eigenvalue weighted by molar-refractivity contribution is 8.13. The van der Waals surface area contributed by atoms with Crippen molar-refractivity contribution in [2.75, 3.05) is 18.8 Å². The first kappa shape index (κ1) is 13.5. The highest BCUT2D eigenvalue weighted by atomic mass is 32.2. The predicted molar refractivity (Wildman–Crippen MR) is 73.4 cm³/mol. The lowest BCUT2D eigenvalue weighted by Crippen LogP contribution is -2.38. The summed E-state index contributed by atoms with van der Waals surface area (Å²) in [5.41, 5.74) is 2.92. The van der Waals surface area contributed by atoms with Gasteiger partial charge in [-0.15, -0.1) is 0 Å². The third-order valence-electron chi connectivity index (χ3n) is 2.48. The number of thioether (sulfide) groups is 1. The number of amidine groups is 1. The van der Waals surface area contributed by atoms with Crippen LogP contribution in [-0.2, 0) is 0 Å². The largest absolute Gasteiger partial charge is 0.298 e. The van der Waals surface area contributed by atoms with Gasteiger partial charge in [0.05, 0.1) is 6.54 Å². The Morgan fingerprint density at radius 1 is 1.38 bits per heavy atom. The van der Waals surface area contributed by atoms with E-state index in [1.807, 2.05) is 0 Å². The molecular formula is C11H22N4S. The van der Waals surface area contributed by atoms with Gasteiger partial charge in [0.2, 0.25) is 0 Å². The molecule has 0 aliphatic carbocycles. The van der Waals surface area contributed by atoms with Crippen molar-refractivity contribution in [3.8, 4) is 0 Å². The molecule has 1 rings (SSSR count). The molecule has 0 atom stereocenters. The van der Waals surface area contributed by atoms with Crippen LogP contribution in [0.1, 0.15) is 27.7 Å². The number of hydrogen-bond donors (Lipinski definition) is 1. The first-order valence-corrected chi connectivity index (χ1v) is 6.80. The summed E-state index contributed by atoms with van der Waals surface area (Å²) in [4.78, 5) is 6.80. The van der Waals surface area contributed by atoms with Crippen molar-refractivity contribution in [1.29, 1.82) is 0 Å². The van der Waals surface area contributed by atoms with E-state index in [1.165, 1.54) is 0 Å². The van der Waals surface area contributed by atoms with Gasteiger partial charge in [0.1, 0.15) is 0 Å². The molecule has 0 saturated carbocycles. The van der Waals surface area contributed by atoms with Crippen LogP contribution in [0.5, 0.6) is 0 Å². The van der Waals surface area contributed by atoms with Gasteiger partial charge in [0, 0.05) is 30.6 Å². The number of nitrogens with one attached hydrogen (secondary N) is 1. The summed E-state index contributed by atoms with van der Waals surface area (Å²) in [6.45, 7) is 10.8. The fourth-order valence-corrected chi connectivity index (χ4v) is 2.52. The molecule has 0 aromatic rings. The lowest BCUT2D eigenvalue weighted by molar-refractivity contribution is 0.187. The van der Waals surface area contributed by atoms with Gasteiger partial charge < -0.3 is 0 Å². The van der Waals surface area contributed by atoms with Crippen LogP contribution in [0, 0.1) is 0 Å². The van der Waals surface area contributed by atoms with Crippen LogP contribution in [0.4, 0.5) is 0 Å². The fraction of sp³-hybridized carbons (Fsp3) is 0.818. The maximum atomic E-state index is 4.32. The minimum absolute atomic E-state index is 0.597. The molecule has 0 bridgehead atoms. The minimum Gasteiger partial charge on any atom is -0.298 e. The Hall–Kier alpha value is -0.550. The number of hydrazone groups is 1. The maximum absolute atomic E-state index is 4.32. The summed E-state index contributed by atoms with van der Waals surface area (Å²) in [6, 6.07) is 1.19. The summed E-state index contributed by atoms with van der Waals surface area (Å²) >= 11 is 1.74. The van der Waals surface area contributed by atoms with Gasteiger partial charge in [-0.2, -0.15) is 5.10 Å². The first-order chi connectivity index (χ1) is 7.61. The first-order valence-electron chi connectivity index (χ1n) is 5.81. The van der Waals surface area contributed by atoms with Gasteiger partial charge in [0.15, 0.2) is 5.17 Å². The van der Waals surface area contributed by atoms with Gasteiger partial charge in [-0.3, -0.25) is 15.3 Å². The molecule has 4 nitrogen and oxygen atoms in total. The molecule has 0 fully saturated rings. The van der Waals surface area contributed by atoms with E-state index in [1.54, 1.807) is 18.0 Å². The Morgan fingerprint density at radius 2 is 2.06 bits per heavy atom. The van der Waals surface area contributed by atoms with Crippen molar-refractivity contribution in [3.05, 3.63) is 0 Å². The van der Waals surface area contributed by atoms with Crippen LogP contribution < -0.4 is 5.43 Å². The Labute approximate surface area is 103 Å². The Kier molecular flexibility index (Phi) is 5.84. The smallest absolute Gasteiger partial charge is 0.177 e. The summed E-state index contributed by atoms with van der Waals surface area (Å²) in [5, 5.41) is 4.93. The third kappa shape index (κ3) is 4.53. The van der Waals surface area contributed by atoms with E-state index in [-0.39, 0.29) is 0 Å². The van der Waals surface area contributed by atoms with Crippen molar-refractivity contribution in [1.82, 2.24) is 10.3 Å². The Bertz CT molecular complexity index is 253.